The highest BCUT2D eigenvalue weighted by molar-refractivity contribution is 6.54. The molecule has 2 aromatic carbocycles. The van der Waals surface area contributed by atoms with Gasteiger partial charge in [-0.2, -0.15) is 0 Å². The Morgan fingerprint density at radius 1 is 1.12 bits per heavy atom. The van der Waals surface area contributed by atoms with Crippen molar-refractivity contribution in [2.24, 2.45) is 4.99 Å². The molecule has 1 aliphatic heterocycles. The summed E-state index contributed by atoms with van der Waals surface area (Å²) < 4.78 is 0. The number of carbonyl (C=O) groups is 2. The first-order valence-corrected chi connectivity index (χ1v) is 7.86. The molecule has 0 spiro atoms. The lowest BCUT2D eigenvalue weighted by Crippen LogP contribution is -2.35. The number of fused-ring (bicyclic) bond motifs is 1. The molecule has 0 unspecified atom stereocenters. The molecule has 0 atom stereocenters. The van der Waals surface area contributed by atoms with Gasteiger partial charge in [0.2, 0.25) is 5.91 Å². The summed E-state index contributed by atoms with van der Waals surface area (Å²) in [5.41, 5.74) is 3.43. The number of nitrogens with one attached hydrogen (secondary N) is 1. The van der Waals surface area contributed by atoms with Crippen molar-refractivity contribution < 1.29 is 9.59 Å². The Bertz CT molecular complexity index is 840. The second kappa shape index (κ2) is 6.28. The first-order valence-electron chi connectivity index (χ1n) is 7.86. The van der Waals surface area contributed by atoms with Gasteiger partial charge >= 0.3 is 0 Å². The summed E-state index contributed by atoms with van der Waals surface area (Å²) in [5.74, 6) is -0.246. The van der Waals surface area contributed by atoms with Crippen LogP contribution < -0.4 is 10.2 Å². The van der Waals surface area contributed by atoms with E-state index in [1.807, 2.05) is 44.2 Å². The Balaban J connectivity index is 2.04. The van der Waals surface area contributed by atoms with Crippen molar-refractivity contribution in [1.82, 2.24) is 0 Å². The maximum absolute atomic E-state index is 12.8. The second-order valence-electron chi connectivity index (χ2n) is 5.98. The molecule has 0 aliphatic carbocycles. The van der Waals surface area contributed by atoms with E-state index < -0.39 is 0 Å². The number of para-hydroxylation sites is 1. The number of amides is 2. The van der Waals surface area contributed by atoms with Crippen molar-refractivity contribution in [3.63, 3.8) is 0 Å². The first-order chi connectivity index (χ1) is 11.5. The highest BCUT2D eigenvalue weighted by atomic mass is 16.2. The smallest absolute Gasteiger partial charge is 0.277 e. The van der Waals surface area contributed by atoms with Gasteiger partial charge in [0, 0.05) is 24.2 Å². The summed E-state index contributed by atoms with van der Waals surface area (Å²) >= 11 is 0. The van der Waals surface area contributed by atoms with Crippen LogP contribution in [0.25, 0.3) is 0 Å². The van der Waals surface area contributed by atoms with E-state index in [0.717, 1.165) is 11.3 Å². The van der Waals surface area contributed by atoms with Gasteiger partial charge in [-0.25, -0.2) is 4.99 Å². The molecular weight excluding hydrogens is 302 g/mol. The van der Waals surface area contributed by atoms with Gasteiger partial charge < -0.3 is 10.2 Å². The van der Waals surface area contributed by atoms with Crippen LogP contribution in [0.2, 0.25) is 0 Å². The highest BCUT2D eigenvalue weighted by Crippen LogP contribution is 2.32. The molecule has 1 heterocycles. The van der Waals surface area contributed by atoms with E-state index in [2.05, 4.69) is 10.3 Å². The molecule has 0 saturated carbocycles. The molecule has 122 valence electrons. The highest BCUT2D eigenvalue weighted by Gasteiger charge is 2.35. The van der Waals surface area contributed by atoms with Gasteiger partial charge in [-0.1, -0.05) is 24.3 Å². The van der Waals surface area contributed by atoms with Crippen LogP contribution >= 0.6 is 0 Å². The average molecular weight is 321 g/mol. The number of carbonyl (C=O) groups excluding carboxylic acids is 2. The summed E-state index contributed by atoms with van der Waals surface area (Å²) in [6, 6.07) is 14.9. The minimum absolute atomic E-state index is 0.0528. The number of nitrogens with zero attached hydrogens (tertiary/aromatic N) is 2. The van der Waals surface area contributed by atoms with Gasteiger partial charge in [-0.15, -0.1) is 0 Å². The lowest BCUT2D eigenvalue weighted by atomic mass is 10.1. The fourth-order valence-corrected chi connectivity index (χ4v) is 2.83. The van der Waals surface area contributed by atoms with Crippen LogP contribution in [0.3, 0.4) is 0 Å². The van der Waals surface area contributed by atoms with Crippen LogP contribution in [0.1, 0.15) is 26.3 Å². The Kier molecular flexibility index (Phi) is 4.16. The Morgan fingerprint density at radius 2 is 1.88 bits per heavy atom. The molecule has 0 saturated heterocycles. The van der Waals surface area contributed by atoms with Crippen molar-refractivity contribution in [1.29, 1.82) is 0 Å². The largest absolute Gasteiger partial charge is 0.326 e. The van der Waals surface area contributed by atoms with E-state index in [0.29, 0.717) is 17.1 Å². The molecule has 0 fully saturated rings. The molecule has 2 amide bonds. The molecule has 3 rings (SSSR count). The summed E-state index contributed by atoms with van der Waals surface area (Å²) in [7, 11) is 0. The van der Waals surface area contributed by atoms with Crippen molar-refractivity contribution in [2.75, 3.05) is 10.2 Å². The second-order valence-corrected chi connectivity index (χ2v) is 5.98. The van der Waals surface area contributed by atoms with Crippen molar-refractivity contribution in [3.05, 3.63) is 54.1 Å². The fraction of sp³-hybridized carbons (Fsp3) is 0.211. The molecule has 2 aromatic rings. The van der Waals surface area contributed by atoms with Crippen LogP contribution in [0.4, 0.5) is 17.1 Å². The third-order valence-corrected chi connectivity index (χ3v) is 3.76. The molecule has 0 aromatic heterocycles. The quantitative estimate of drug-likeness (QED) is 0.940. The molecule has 0 bridgehead atoms. The lowest BCUT2D eigenvalue weighted by Gasteiger charge is -2.20. The molecular formula is C19H19N3O2. The predicted molar refractivity (Wildman–Crippen MR) is 96.0 cm³/mol. The number of rotatable bonds is 3. The molecule has 5 nitrogen and oxygen atoms in total. The van der Waals surface area contributed by atoms with E-state index in [1.54, 1.807) is 23.1 Å². The van der Waals surface area contributed by atoms with Crippen molar-refractivity contribution >= 4 is 34.6 Å². The Hall–Kier alpha value is -2.95. The van der Waals surface area contributed by atoms with Crippen LogP contribution in [0.15, 0.2) is 53.5 Å². The third kappa shape index (κ3) is 2.93. The zero-order valence-electron chi connectivity index (χ0n) is 13.9. The van der Waals surface area contributed by atoms with Crippen LogP contribution in [-0.4, -0.2) is 23.6 Å². The lowest BCUT2D eigenvalue weighted by molar-refractivity contribution is -0.114. The summed E-state index contributed by atoms with van der Waals surface area (Å²) in [6.45, 7) is 5.42. The molecule has 1 N–H and O–H groups in total. The normalized spacial score (nSPS) is 15.1. The van der Waals surface area contributed by atoms with Gasteiger partial charge in [0.05, 0.1) is 11.4 Å². The first kappa shape index (κ1) is 15.9. The average Bonchev–Trinajstić information content (AvgIpc) is 2.80. The Labute approximate surface area is 141 Å². The fourth-order valence-electron chi connectivity index (χ4n) is 2.83. The number of hydrogen-bond donors (Lipinski definition) is 1. The van der Waals surface area contributed by atoms with E-state index in [4.69, 9.17) is 0 Å². The minimum atomic E-state index is -0.145. The van der Waals surface area contributed by atoms with Crippen LogP contribution in [0.5, 0.6) is 0 Å². The maximum Gasteiger partial charge on any atom is 0.277 e. The summed E-state index contributed by atoms with van der Waals surface area (Å²) in [5, 5.41) is 2.72. The van der Waals surface area contributed by atoms with Gasteiger partial charge in [0.15, 0.2) is 0 Å². The van der Waals surface area contributed by atoms with E-state index in [-0.39, 0.29) is 17.9 Å². The summed E-state index contributed by atoms with van der Waals surface area (Å²) in [6.07, 6.45) is 0. The number of hydrogen-bond acceptors (Lipinski definition) is 3. The SMILES string of the molecule is CC(=O)Nc1cccc(N=C2C(=O)N(C(C)C)c3ccccc32)c1. The third-order valence-electron chi connectivity index (χ3n) is 3.76. The maximum atomic E-state index is 12.8. The van der Waals surface area contributed by atoms with E-state index >= 15 is 0 Å². The van der Waals surface area contributed by atoms with Crippen LogP contribution in [-0.2, 0) is 9.59 Å². The van der Waals surface area contributed by atoms with Gasteiger partial charge in [0.1, 0.15) is 5.71 Å². The van der Waals surface area contributed by atoms with Crippen LogP contribution in [0, 0.1) is 0 Å². The number of benzene rings is 2. The summed E-state index contributed by atoms with van der Waals surface area (Å²) in [4.78, 5) is 30.3. The van der Waals surface area contributed by atoms with E-state index in [1.165, 1.54) is 6.92 Å². The molecule has 5 heteroatoms. The zero-order chi connectivity index (χ0) is 17.3. The molecule has 0 radical (unpaired) electrons. The van der Waals surface area contributed by atoms with E-state index in [9.17, 15) is 9.59 Å². The van der Waals surface area contributed by atoms with Gasteiger partial charge in [0.25, 0.3) is 5.91 Å². The topological polar surface area (TPSA) is 61.8 Å². The number of anilines is 2. The molecule has 1 aliphatic rings. The zero-order valence-corrected chi connectivity index (χ0v) is 13.9. The predicted octanol–water partition coefficient (Wildman–Crippen LogP) is 3.52. The monoisotopic (exact) mass is 321 g/mol. The van der Waals surface area contributed by atoms with Gasteiger partial charge in [-0.3, -0.25) is 9.59 Å². The standard InChI is InChI=1S/C19H19N3O2/c1-12(2)22-17-10-5-4-9-16(17)18(19(22)24)21-15-8-6-7-14(11-15)20-13(3)23/h4-12H,1-3H3,(H,20,23). The van der Waals surface area contributed by atoms with Crippen molar-refractivity contribution in [2.45, 2.75) is 26.8 Å². The van der Waals surface area contributed by atoms with Crippen molar-refractivity contribution in [3.8, 4) is 0 Å². The van der Waals surface area contributed by atoms with Gasteiger partial charge in [-0.05, 0) is 38.1 Å². The number of aliphatic imine (C=N–C) groups is 1. The molecule has 24 heavy (non-hydrogen) atoms. The minimum Gasteiger partial charge on any atom is -0.326 e. The Morgan fingerprint density at radius 3 is 2.58 bits per heavy atom.